The lowest BCUT2D eigenvalue weighted by molar-refractivity contribution is -0.153. The highest BCUT2D eigenvalue weighted by Crippen LogP contribution is 2.38. The number of methoxy groups -OCH3 is 3. The van der Waals surface area contributed by atoms with Gasteiger partial charge in [-0.05, 0) is 41.8 Å². The van der Waals surface area contributed by atoms with Crippen LogP contribution >= 0.6 is 0 Å². The van der Waals surface area contributed by atoms with Crippen molar-refractivity contribution in [3.8, 4) is 23.0 Å². The second-order valence-corrected chi connectivity index (χ2v) is 6.36. The SMILES string of the molecule is COc1cc(CCC(=O)NCc2ccc(OCC(F)(F)F)cc2)cc(OC)c1OC. The zero-order chi connectivity index (χ0) is 22.1. The average molecular weight is 427 g/mol. The minimum atomic E-state index is -4.38. The van der Waals surface area contributed by atoms with Crippen LogP contribution in [0.1, 0.15) is 17.5 Å². The van der Waals surface area contributed by atoms with Gasteiger partial charge in [0.05, 0.1) is 21.3 Å². The Hall–Kier alpha value is -3.10. The number of amides is 1. The van der Waals surface area contributed by atoms with E-state index in [2.05, 4.69) is 10.1 Å². The lowest BCUT2D eigenvalue weighted by Crippen LogP contribution is -2.23. The maximum atomic E-state index is 12.2. The summed E-state index contributed by atoms with van der Waals surface area (Å²) in [6.07, 6.45) is -3.68. The molecule has 0 saturated carbocycles. The Labute approximate surface area is 172 Å². The van der Waals surface area contributed by atoms with Gasteiger partial charge in [-0.1, -0.05) is 12.1 Å². The Balaban J connectivity index is 1.85. The van der Waals surface area contributed by atoms with E-state index >= 15 is 0 Å². The minimum absolute atomic E-state index is 0.116. The molecule has 2 rings (SSSR count). The van der Waals surface area contributed by atoms with E-state index in [0.717, 1.165) is 11.1 Å². The first kappa shape index (κ1) is 23.2. The van der Waals surface area contributed by atoms with Gasteiger partial charge in [-0.15, -0.1) is 0 Å². The standard InChI is InChI=1S/C21H24F3NO5/c1-27-17-10-15(11-18(28-2)20(17)29-3)6-9-19(26)25-12-14-4-7-16(8-5-14)30-13-21(22,23)24/h4-5,7-8,10-11H,6,9,12-13H2,1-3H3,(H,25,26). The van der Waals surface area contributed by atoms with Gasteiger partial charge in [0.2, 0.25) is 11.7 Å². The first-order valence-electron chi connectivity index (χ1n) is 9.09. The molecule has 1 N–H and O–H groups in total. The average Bonchev–Trinajstić information content (AvgIpc) is 2.74. The van der Waals surface area contributed by atoms with Crippen LogP contribution in [0, 0.1) is 0 Å². The first-order chi connectivity index (χ1) is 14.3. The predicted molar refractivity (Wildman–Crippen MR) is 104 cm³/mol. The number of hydrogen-bond donors (Lipinski definition) is 1. The maximum absolute atomic E-state index is 12.2. The lowest BCUT2D eigenvalue weighted by Gasteiger charge is -2.14. The molecule has 0 radical (unpaired) electrons. The van der Waals surface area contributed by atoms with Crippen molar-refractivity contribution in [3.05, 3.63) is 47.5 Å². The summed E-state index contributed by atoms with van der Waals surface area (Å²) < 4.78 is 57.0. The molecular formula is C21H24F3NO5. The lowest BCUT2D eigenvalue weighted by atomic mass is 10.1. The second kappa shape index (κ2) is 10.6. The van der Waals surface area contributed by atoms with Crippen molar-refractivity contribution in [2.45, 2.75) is 25.6 Å². The van der Waals surface area contributed by atoms with E-state index in [9.17, 15) is 18.0 Å². The van der Waals surface area contributed by atoms with Gasteiger partial charge in [0.15, 0.2) is 18.1 Å². The van der Waals surface area contributed by atoms with Gasteiger partial charge in [0, 0.05) is 13.0 Å². The van der Waals surface area contributed by atoms with Gasteiger partial charge >= 0.3 is 6.18 Å². The molecule has 9 heteroatoms. The molecule has 2 aromatic rings. The summed E-state index contributed by atoms with van der Waals surface area (Å²) >= 11 is 0. The number of halogens is 3. The number of aryl methyl sites for hydroxylation is 1. The minimum Gasteiger partial charge on any atom is -0.493 e. The van der Waals surface area contributed by atoms with Crippen molar-refractivity contribution in [1.82, 2.24) is 5.32 Å². The molecule has 30 heavy (non-hydrogen) atoms. The molecule has 0 heterocycles. The van der Waals surface area contributed by atoms with Crippen LogP contribution in [0.4, 0.5) is 13.2 Å². The molecular weight excluding hydrogens is 403 g/mol. The summed E-state index contributed by atoms with van der Waals surface area (Å²) in [5, 5.41) is 2.78. The number of carbonyl (C=O) groups excluding carboxylic acids is 1. The van der Waals surface area contributed by atoms with Gasteiger partial charge < -0.3 is 24.3 Å². The van der Waals surface area contributed by atoms with Crippen molar-refractivity contribution in [2.24, 2.45) is 0 Å². The Morgan fingerprint density at radius 2 is 1.53 bits per heavy atom. The van der Waals surface area contributed by atoms with E-state index < -0.39 is 12.8 Å². The highest BCUT2D eigenvalue weighted by atomic mass is 19.4. The van der Waals surface area contributed by atoms with Crippen LogP contribution in [0.2, 0.25) is 0 Å². The Morgan fingerprint density at radius 3 is 2.03 bits per heavy atom. The number of alkyl halides is 3. The molecule has 6 nitrogen and oxygen atoms in total. The zero-order valence-electron chi connectivity index (χ0n) is 17.0. The number of carbonyl (C=O) groups is 1. The molecule has 0 bridgehead atoms. The van der Waals surface area contributed by atoms with E-state index in [1.165, 1.54) is 33.5 Å². The van der Waals surface area contributed by atoms with Gasteiger partial charge in [-0.3, -0.25) is 4.79 Å². The van der Waals surface area contributed by atoms with Crippen molar-refractivity contribution in [3.63, 3.8) is 0 Å². The van der Waals surface area contributed by atoms with Crippen molar-refractivity contribution >= 4 is 5.91 Å². The predicted octanol–water partition coefficient (Wildman–Crippen LogP) is 3.90. The fraction of sp³-hybridized carbons (Fsp3) is 0.381. The van der Waals surface area contributed by atoms with Crippen molar-refractivity contribution in [1.29, 1.82) is 0 Å². The molecule has 1 amide bonds. The summed E-state index contributed by atoms with van der Waals surface area (Å²) in [6.45, 7) is -1.09. The summed E-state index contributed by atoms with van der Waals surface area (Å²) in [6, 6.07) is 9.64. The molecule has 2 aromatic carbocycles. The van der Waals surface area contributed by atoms with E-state index in [0.29, 0.717) is 23.7 Å². The summed E-state index contributed by atoms with van der Waals surface area (Å²) in [4.78, 5) is 12.2. The van der Waals surface area contributed by atoms with Crippen LogP contribution in [0.3, 0.4) is 0 Å². The smallest absolute Gasteiger partial charge is 0.422 e. The molecule has 0 atom stereocenters. The molecule has 0 spiro atoms. The van der Waals surface area contributed by atoms with Crippen molar-refractivity contribution in [2.75, 3.05) is 27.9 Å². The second-order valence-electron chi connectivity index (χ2n) is 6.36. The Kier molecular flexibility index (Phi) is 8.20. The Bertz CT molecular complexity index is 813. The van der Waals surface area contributed by atoms with Crippen LogP contribution < -0.4 is 24.3 Å². The Morgan fingerprint density at radius 1 is 0.933 bits per heavy atom. The highest BCUT2D eigenvalue weighted by molar-refractivity contribution is 5.76. The summed E-state index contributed by atoms with van der Waals surface area (Å²) in [7, 11) is 4.56. The number of ether oxygens (including phenoxy) is 4. The molecule has 164 valence electrons. The fourth-order valence-electron chi connectivity index (χ4n) is 2.70. The number of benzene rings is 2. The van der Waals surface area contributed by atoms with Crippen LogP contribution in [0.5, 0.6) is 23.0 Å². The molecule has 0 aliphatic heterocycles. The summed E-state index contributed by atoms with van der Waals surface area (Å²) in [5.74, 6) is 1.46. The third-order valence-corrected chi connectivity index (χ3v) is 4.18. The molecule has 0 saturated heterocycles. The molecule has 0 unspecified atom stereocenters. The largest absolute Gasteiger partial charge is 0.493 e. The number of nitrogens with one attached hydrogen (secondary N) is 1. The molecule has 0 aliphatic rings. The third kappa shape index (κ3) is 7.06. The molecule has 0 fully saturated rings. The van der Waals surface area contributed by atoms with E-state index in [-0.39, 0.29) is 24.6 Å². The van der Waals surface area contributed by atoms with Gasteiger partial charge in [-0.2, -0.15) is 13.2 Å². The first-order valence-corrected chi connectivity index (χ1v) is 9.09. The van der Waals surface area contributed by atoms with E-state index in [4.69, 9.17) is 14.2 Å². The highest BCUT2D eigenvalue weighted by Gasteiger charge is 2.28. The van der Waals surface area contributed by atoms with E-state index in [1.807, 2.05) is 0 Å². The fourth-order valence-corrected chi connectivity index (χ4v) is 2.70. The number of hydrogen-bond acceptors (Lipinski definition) is 5. The van der Waals surface area contributed by atoms with Crippen LogP contribution in [0.15, 0.2) is 36.4 Å². The van der Waals surface area contributed by atoms with Gasteiger partial charge in [-0.25, -0.2) is 0 Å². The van der Waals surface area contributed by atoms with Gasteiger partial charge in [0.1, 0.15) is 5.75 Å². The van der Waals surface area contributed by atoms with Crippen LogP contribution in [-0.2, 0) is 17.8 Å². The van der Waals surface area contributed by atoms with Crippen LogP contribution in [-0.4, -0.2) is 40.0 Å². The topological polar surface area (TPSA) is 66.0 Å². The van der Waals surface area contributed by atoms with Crippen molar-refractivity contribution < 1.29 is 36.9 Å². The van der Waals surface area contributed by atoms with Gasteiger partial charge in [0.25, 0.3) is 0 Å². The normalized spacial score (nSPS) is 11.0. The third-order valence-electron chi connectivity index (χ3n) is 4.18. The zero-order valence-corrected chi connectivity index (χ0v) is 17.0. The molecule has 0 aromatic heterocycles. The maximum Gasteiger partial charge on any atom is 0.422 e. The number of rotatable bonds is 10. The monoisotopic (exact) mass is 427 g/mol. The van der Waals surface area contributed by atoms with E-state index in [1.54, 1.807) is 24.3 Å². The summed E-state index contributed by atoms with van der Waals surface area (Å²) in [5.41, 5.74) is 1.60. The quantitative estimate of drug-likeness (QED) is 0.623. The van der Waals surface area contributed by atoms with Crippen LogP contribution in [0.25, 0.3) is 0 Å². The molecule has 0 aliphatic carbocycles.